The molecule has 5 nitrogen and oxygen atoms in total. The van der Waals surface area contributed by atoms with E-state index in [0.29, 0.717) is 13.1 Å². The molecule has 0 aliphatic heterocycles. The van der Waals surface area contributed by atoms with Crippen molar-refractivity contribution in [3.05, 3.63) is 97.3 Å². The minimum atomic E-state index is -0.595. The number of hydrogen-bond donors (Lipinski definition) is 1. The van der Waals surface area contributed by atoms with Crippen molar-refractivity contribution in [2.75, 3.05) is 0 Å². The first-order chi connectivity index (χ1) is 15.8. The van der Waals surface area contributed by atoms with Gasteiger partial charge in [0.15, 0.2) is 0 Å². The topological polar surface area (TPSA) is 55.9 Å². The molecular weight excluding hydrogens is 396 g/mol. The lowest BCUT2D eigenvalue weighted by atomic mass is 10.2. The normalized spacial score (nSPS) is 12.7. The SMILES string of the molecule is O[C@@H](Cn1c(-c2cccnc2)nc2ccccc21)Cn1c2ccccc2c2ccccc21. The van der Waals surface area contributed by atoms with E-state index in [2.05, 4.69) is 56.6 Å². The summed E-state index contributed by atoms with van der Waals surface area (Å²) in [4.78, 5) is 9.10. The Morgan fingerprint density at radius 2 is 1.31 bits per heavy atom. The molecule has 0 spiro atoms. The zero-order valence-corrected chi connectivity index (χ0v) is 17.5. The minimum absolute atomic E-state index is 0.436. The van der Waals surface area contributed by atoms with Crippen LogP contribution in [0.25, 0.3) is 44.2 Å². The summed E-state index contributed by atoms with van der Waals surface area (Å²) in [6.07, 6.45) is 2.98. The van der Waals surface area contributed by atoms with Crippen LogP contribution >= 0.6 is 0 Å². The van der Waals surface area contributed by atoms with Crippen LogP contribution in [0.5, 0.6) is 0 Å². The molecule has 3 aromatic heterocycles. The summed E-state index contributed by atoms with van der Waals surface area (Å²) in [6, 6.07) is 28.7. The van der Waals surface area contributed by atoms with Gasteiger partial charge in [0.2, 0.25) is 0 Å². The molecule has 5 heteroatoms. The third kappa shape index (κ3) is 3.06. The highest BCUT2D eigenvalue weighted by Gasteiger charge is 2.18. The van der Waals surface area contributed by atoms with Crippen molar-refractivity contribution in [1.29, 1.82) is 0 Å². The predicted octanol–water partition coefficient (Wildman–Crippen LogP) is 5.27. The van der Waals surface area contributed by atoms with E-state index in [-0.39, 0.29) is 0 Å². The molecule has 0 fully saturated rings. The molecule has 0 amide bonds. The second kappa shape index (κ2) is 7.62. The molecule has 0 unspecified atom stereocenters. The fraction of sp³-hybridized carbons (Fsp3) is 0.111. The number of benzene rings is 3. The number of aliphatic hydroxyl groups is 1. The lowest BCUT2D eigenvalue weighted by Crippen LogP contribution is -2.22. The maximum Gasteiger partial charge on any atom is 0.142 e. The van der Waals surface area contributed by atoms with Gasteiger partial charge in [0.25, 0.3) is 0 Å². The van der Waals surface area contributed by atoms with Crippen molar-refractivity contribution >= 4 is 32.8 Å². The third-order valence-corrected chi connectivity index (χ3v) is 6.04. The molecule has 0 saturated heterocycles. The van der Waals surface area contributed by atoms with E-state index in [4.69, 9.17) is 4.98 Å². The van der Waals surface area contributed by atoms with Gasteiger partial charge in [-0.3, -0.25) is 4.98 Å². The molecular formula is C27H22N4O. The minimum Gasteiger partial charge on any atom is -0.389 e. The van der Waals surface area contributed by atoms with Crippen LogP contribution in [0, 0.1) is 0 Å². The Labute approximate surface area is 185 Å². The standard InChI is InChI=1S/C27H22N4O/c32-20(17-30-24-12-4-1-9-21(24)22-10-2-5-13-25(22)30)18-31-26-14-6-3-11-23(26)29-27(31)19-8-7-15-28-16-19/h1-16,20,32H,17-18H2/t20-/m1/s1. The van der Waals surface area contributed by atoms with Crippen molar-refractivity contribution < 1.29 is 5.11 Å². The van der Waals surface area contributed by atoms with E-state index < -0.39 is 6.10 Å². The maximum atomic E-state index is 11.3. The number of pyridine rings is 1. The number of rotatable bonds is 5. The number of hydrogen-bond acceptors (Lipinski definition) is 3. The molecule has 6 rings (SSSR count). The summed E-state index contributed by atoms with van der Waals surface area (Å²) in [5.41, 5.74) is 5.13. The molecule has 0 bridgehead atoms. The van der Waals surface area contributed by atoms with Crippen LogP contribution in [-0.2, 0) is 13.1 Å². The van der Waals surface area contributed by atoms with Gasteiger partial charge in [-0.25, -0.2) is 4.98 Å². The van der Waals surface area contributed by atoms with E-state index in [9.17, 15) is 5.11 Å². The Bertz CT molecular complexity index is 1490. The van der Waals surface area contributed by atoms with E-state index in [0.717, 1.165) is 33.5 Å². The Kier molecular flexibility index (Phi) is 4.47. The van der Waals surface area contributed by atoms with Gasteiger partial charge < -0.3 is 14.2 Å². The van der Waals surface area contributed by atoms with Gasteiger partial charge in [0.1, 0.15) is 5.82 Å². The summed E-state index contributed by atoms with van der Waals surface area (Å²) in [5.74, 6) is 0.820. The zero-order chi connectivity index (χ0) is 21.5. The first kappa shape index (κ1) is 18.8. The molecule has 6 aromatic rings. The Morgan fingerprint density at radius 3 is 2.00 bits per heavy atom. The highest BCUT2D eigenvalue weighted by Crippen LogP contribution is 2.30. The number of imidazole rings is 1. The number of aromatic nitrogens is 4. The lowest BCUT2D eigenvalue weighted by molar-refractivity contribution is 0.139. The van der Waals surface area contributed by atoms with Gasteiger partial charge in [-0.2, -0.15) is 0 Å². The largest absolute Gasteiger partial charge is 0.389 e. The van der Waals surface area contributed by atoms with Crippen LogP contribution in [0.4, 0.5) is 0 Å². The average Bonchev–Trinajstić information content (AvgIpc) is 3.36. The third-order valence-electron chi connectivity index (χ3n) is 6.04. The van der Waals surface area contributed by atoms with Gasteiger partial charge in [-0.15, -0.1) is 0 Å². The summed E-state index contributed by atoms with van der Waals surface area (Å²) in [7, 11) is 0. The Hall–Kier alpha value is -3.96. The zero-order valence-electron chi connectivity index (χ0n) is 17.5. The summed E-state index contributed by atoms with van der Waals surface area (Å²) in [6.45, 7) is 0.929. The highest BCUT2D eigenvalue weighted by molar-refractivity contribution is 6.07. The molecule has 0 aliphatic carbocycles. The van der Waals surface area contributed by atoms with Crippen molar-refractivity contribution in [3.63, 3.8) is 0 Å². The predicted molar refractivity (Wildman–Crippen MR) is 128 cm³/mol. The van der Waals surface area contributed by atoms with Gasteiger partial charge >= 0.3 is 0 Å². The summed E-state index contributed by atoms with van der Waals surface area (Å²) < 4.78 is 4.32. The smallest absolute Gasteiger partial charge is 0.142 e. The molecule has 0 aliphatic rings. The van der Waals surface area contributed by atoms with Crippen LogP contribution in [0.15, 0.2) is 97.3 Å². The van der Waals surface area contributed by atoms with E-state index in [1.54, 1.807) is 6.20 Å². The molecule has 156 valence electrons. The molecule has 1 N–H and O–H groups in total. The molecule has 1 atom stereocenters. The van der Waals surface area contributed by atoms with Gasteiger partial charge in [0.05, 0.1) is 30.2 Å². The molecule has 3 heterocycles. The van der Waals surface area contributed by atoms with E-state index in [1.807, 2.05) is 48.7 Å². The first-order valence-corrected chi connectivity index (χ1v) is 10.8. The number of nitrogens with zero attached hydrogens (tertiary/aromatic N) is 4. The lowest BCUT2D eigenvalue weighted by Gasteiger charge is -2.17. The van der Waals surface area contributed by atoms with Crippen molar-refractivity contribution in [2.24, 2.45) is 0 Å². The van der Waals surface area contributed by atoms with Crippen LogP contribution in [0.3, 0.4) is 0 Å². The van der Waals surface area contributed by atoms with Crippen LogP contribution in [0.1, 0.15) is 0 Å². The van der Waals surface area contributed by atoms with Crippen LogP contribution < -0.4 is 0 Å². The maximum absolute atomic E-state index is 11.3. The quantitative estimate of drug-likeness (QED) is 0.415. The molecule has 0 radical (unpaired) electrons. The van der Waals surface area contributed by atoms with Gasteiger partial charge in [-0.1, -0.05) is 48.5 Å². The van der Waals surface area contributed by atoms with Crippen molar-refractivity contribution in [1.82, 2.24) is 19.1 Å². The highest BCUT2D eigenvalue weighted by atomic mass is 16.3. The molecule has 3 aromatic carbocycles. The molecule has 32 heavy (non-hydrogen) atoms. The van der Waals surface area contributed by atoms with Crippen LogP contribution in [-0.4, -0.2) is 30.3 Å². The number of fused-ring (bicyclic) bond motifs is 4. The summed E-state index contributed by atoms with van der Waals surface area (Å²) >= 11 is 0. The van der Waals surface area contributed by atoms with Gasteiger partial charge in [-0.05, 0) is 36.4 Å². The Balaban J connectivity index is 1.42. The second-order valence-corrected chi connectivity index (χ2v) is 8.08. The van der Waals surface area contributed by atoms with Gasteiger partial charge in [0, 0.05) is 39.8 Å². The Morgan fingerprint density at radius 1 is 0.688 bits per heavy atom. The van der Waals surface area contributed by atoms with Crippen LogP contribution in [0.2, 0.25) is 0 Å². The first-order valence-electron chi connectivity index (χ1n) is 10.8. The van der Waals surface area contributed by atoms with Crippen molar-refractivity contribution in [3.8, 4) is 11.4 Å². The fourth-order valence-electron chi connectivity index (χ4n) is 4.65. The monoisotopic (exact) mass is 418 g/mol. The second-order valence-electron chi connectivity index (χ2n) is 8.08. The van der Waals surface area contributed by atoms with E-state index in [1.165, 1.54) is 10.8 Å². The fourth-order valence-corrected chi connectivity index (χ4v) is 4.65. The summed E-state index contributed by atoms with van der Waals surface area (Å²) in [5, 5.41) is 13.7. The molecule has 0 saturated carbocycles. The van der Waals surface area contributed by atoms with E-state index >= 15 is 0 Å². The number of aliphatic hydroxyl groups excluding tert-OH is 1. The average molecular weight is 419 g/mol. The number of para-hydroxylation sites is 4. The van der Waals surface area contributed by atoms with Crippen molar-refractivity contribution in [2.45, 2.75) is 19.2 Å².